The van der Waals surface area contributed by atoms with Crippen LogP contribution in [0, 0.1) is 11.3 Å². The van der Waals surface area contributed by atoms with Crippen molar-refractivity contribution in [3.05, 3.63) is 78.4 Å². The van der Waals surface area contributed by atoms with Gasteiger partial charge in [-0.3, -0.25) is 10.00 Å². The zero-order chi connectivity index (χ0) is 33.0. The van der Waals surface area contributed by atoms with Gasteiger partial charge in [0.25, 0.3) is 5.82 Å². The molecule has 2 atom stereocenters. The third-order valence-electron chi connectivity index (χ3n) is 7.84. The van der Waals surface area contributed by atoms with E-state index >= 15 is 0 Å². The third kappa shape index (κ3) is 8.96. The first kappa shape index (κ1) is 33.2. The zero-order valence-corrected chi connectivity index (χ0v) is 26.8. The summed E-state index contributed by atoms with van der Waals surface area (Å²) in [7, 11) is 1.87. The Labute approximate surface area is 274 Å². The second kappa shape index (κ2) is 16.4. The highest BCUT2D eigenvalue weighted by Crippen LogP contribution is 2.22. The van der Waals surface area contributed by atoms with E-state index in [1.165, 1.54) is 6.20 Å². The Bertz CT molecular complexity index is 1700. The normalized spacial score (nSPS) is 16.6. The topological polar surface area (TPSA) is 166 Å². The van der Waals surface area contributed by atoms with Crippen molar-refractivity contribution in [2.24, 2.45) is 7.05 Å². The molecule has 3 aromatic heterocycles. The van der Waals surface area contributed by atoms with Crippen LogP contribution < -0.4 is 16.0 Å². The fourth-order valence-electron chi connectivity index (χ4n) is 5.38. The van der Waals surface area contributed by atoms with Crippen LogP contribution in [0.15, 0.2) is 67.3 Å². The molecule has 5 rings (SSSR count). The largest absolute Gasteiger partial charge is 0.441 e. The molecular weight excluding hydrogens is 596 g/mol. The van der Waals surface area contributed by atoms with Gasteiger partial charge in [0.1, 0.15) is 23.6 Å². The van der Waals surface area contributed by atoms with Crippen LogP contribution in [-0.4, -0.2) is 78.1 Å². The number of aryl methyl sites for hydroxylation is 1. The first-order valence-electron chi connectivity index (χ1n) is 15.9. The number of rotatable bonds is 13. The molecule has 4 N–H and O–H groups in total. The molecule has 13 heteroatoms. The highest BCUT2D eigenvalue weighted by atomic mass is 16.5. The molecule has 1 aliphatic heterocycles. The first-order chi connectivity index (χ1) is 22.9. The number of nitrogens with one attached hydrogen (secondary N) is 3. The average molecular weight is 638 g/mol. The number of nitriles is 1. The molecule has 2 amide bonds. The van der Waals surface area contributed by atoms with Crippen LogP contribution in [0.2, 0.25) is 0 Å². The van der Waals surface area contributed by atoms with Crippen LogP contribution in [-0.2, 0) is 18.3 Å². The Morgan fingerprint density at radius 3 is 2.68 bits per heavy atom. The zero-order valence-electron chi connectivity index (χ0n) is 26.8. The number of aliphatic hydroxyl groups is 1. The molecule has 0 spiro atoms. The minimum Gasteiger partial charge on any atom is -0.389 e. The molecule has 47 heavy (non-hydrogen) atoms. The maximum Gasteiger partial charge on any atom is 0.441 e. The summed E-state index contributed by atoms with van der Waals surface area (Å²) in [5.74, 6) is 1.28. The average Bonchev–Trinajstić information content (AvgIpc) is 3.54. The first-order valence-corrected chi connectivity index (χ1v) is 15.9. The van der Waals surface area contributed by atoms with Gasteiger partial charge < -0.3 is 20.5 Å². The van der Waals surface area contributed by atoms with Gasteiger partial charge in [-0.15, -0.1) is 4.98 Å². The van der Waals surface area contributed by atoms with E-state index in [0.717, 1.165) is 28.8 Å². The van der Waals surface area contributed by atoms with Crippen molar-refractivity contribution in [1.82, 2.24) is 30.0 Å². The minimum absolute atomic E-state index is 0.234. The fourth-order valence-corrected chi connectivity index (χ4v) is 5.38. The Kier molecular flexibility index (Phi) is 11.6. The van der Waals surface area contributed by atoms with Crippen LogP contribution in [0.1, 0.15) is 50.2 Å². The number of hydrogen-bond acceptors (Lipinski definition) is 10. The molecule has 0 aliphatic carbocycles. The van der Waals surface area contributed by atoms with Crippen LogP contribution in [0.4, 0.5) is 22.4 Å². The van der Waals surface area contributed by atoms with Gasteiger partial charge in [0.2, 0.25) is 5.95 Å². The van der Waals surface area contributed by atoms with E-state index in [1.54, 1.807) is 21.7 Å². The lowest BCUT2D eigenvalue weighted by molar-refractivity contribution is -0.342. The summed E-state index contributed by atoms with van der Waals surface area (Å²) < 4.78 is 8.75. The van der Waals surface area contributed by atoms with Crippen molar-refractivity contribution in [3.63, 3.8) is 0 Å². The summed E-state index contributed by atoms with van der Waals surface area (Å²) in [4.78, 5) is 27.3. The van der Waals surface area contributed by atoms with E-state index in [4.69, 9.17) is 9.72 Å². The quantitative estimate of drug-likeness (QED) is 0.0938. The van der Waals surface area contributed by atoms with E-state index in [0.29, 0.717) is 68.5 Å². The summed E-state index contributed by atoms with van der Waals surface area (Å²) in [6.07, 6.45) is 9.73. The Hall–Kier alpha value is -5.19. The van der Waals surface area contributed by atoms with Crippen LogP contribution in [0.3, 0.4) is 0 Å². The molecule has 4 aromatic rings. The van der Waals surface area contributed by atoms with E-state index < -0.39 is 6.10 Å². The Balaban J connectivity index is 1.32. The number of aromatic nitrogens is 5. The lowest BCUT2D eigenvalue weighted by atomic mass is 10.1. The molecule has 4 heterocycles. The van der Waals surface area contributed by atoms with Gasteiger partial charge in [-0.05, 0) is 37.3 Å². The summed E-state index contributed by atoms with van der Waals surface area (Å²) in [5, 5.41) is 33.6. The molecule has 1 saturated heterocycles. The number of hydrogen-bond donors (Lipinski definition) is 4. The van der Waals surface area contributed by atoms with Gasteiger partial charge >= 0.3 is 6.03 Å². The van der Waals surface area contributed by atoms with Crippen LogP contribution >= 0.6 is 0 Å². The predicted octanol–water partition coefficient (Wildman–Crippen LogP) is 4.39. The van der Waals surface area contributed by atoms with E-state index in [1.807, 2.05) is 55.7 Å². The molecule has 0 saturated carbocycles. The summed E-state index contributed by atoms with van der Waals surface area (Å²) in [6.45, 7) is 3.77. The van der Waals surface area contributed by atoms with Gasteiger partial charge in [-0.1, -0.05) is 37.3 Å². The van der Waals surface area contributed by atoms with E-state index in [9.17, 15) is 15.2 Å². The number of nitrogens with zero attached hydrogens (tertiary/aromatic N) is 7. The summed E-state index contributed by atoms with van der Waals surface area (Å²) in [6, 6.07) is 15.2. The monoisotopic (exact) mass is 637 g/mol. The Morgan fingerprint density at radius 2 is 1.98 bits per heavy atom. The van der Waals surface area contributed by atoms with Crippen molar-refractivity contribution in [2.75, 3.05) is 30.4 Å². The highest BCUT2D eigenvalue weighted by Gasteiger charge is 2.26. The number of urea groups is 1. The molecular formula is C34H41N10O3+. The molecule has 0 bridgehead atoms. The van der Waals surface area contributed by atoms with Crippen molar-refractivity contribution in [1.29, 1.82) is 5.26 Å². The molecule has 1 aromatic carbocycles. The molecule has 244 valence electrons. The number of carbonyl (C=O) groups excluding carboxylic acids is 1. The third-order valence-corrected chi connectivity index (χ3v) is 7.84. The van der Waals surface area contributed by atoms with Crippen molar-refractivity contribution < 1.29 is 19.2 Å². The van der Waals surface area contributed by atoms with Gasteiger partial charge in [-0.2, -0.15) is 19.9 Å². The second-order valence-corrected chi connectivity index (χ2v) is 11.4. The van der Waals surface area contributed by atoms with Gasteiger partial charge in [0, 0.05) is 50.0 Å². The number of aliphatic hydroxyl groups excluding tert-OH is 1. The second-order valence-electron chi connectivity index (χ2n) is 11.4. The number of benzene rings is 1. The number of carbonyl (C=O) groups is 1. The Morgan fingerprint density at radius 1 is 1.13 bits per heavy atom. The van der Waals surface area contributed by atoms with Crippen LogP contribution in [0.5, 0.6) is 0 Å². The number of amides is 2. The lowest BCUT2D eigenvalue weighted by Gasteiger charge is -2.29. The minimum atomic E-state index is -0.692. The lowest BCUT2D eigenvalue weighted by Crippen LogP contribution is -2.42. The van der Waals surface area contributed by atoms with Crippen LogP contribution in [0.25, 0.3) is 11.1 Å². The standard InChI is InChI=1S/C34H40N10O3/c1-3-8-28(11-7-15-36-33-38-20-26(17-35)32(42-33)41-29-14-16-47-23-30(29)45)44(34(46)39-18-24-9-5-4-6-10-24)31-13-12-25(19-37-31)27-21-40-43(2)22-27/h4-6,9-10,12-13,19-22,29-30,45H,3,7-8,11,14-16,18,23H2,1-2H3,(H2-,36,38,39,41,42,46)/p+1/b44-28+. The van der Waals surface area contributed by atoms with Gasteiger partial charge in [0.15, 0.2) is 0 Å². The van der Waals surface area contributed by atoms with Gasteiger partial charge in [-0.25, -0.2) is 9.78 Å². The molecule has 13 nitrogen and oxygen atoms in total. The smallest absolute Gasteiger partial charge is 0.389 e. The van der Waals surface area contributed by atoms with Crippen molar-refractivity contribution in [2.45, 2.75) is 57.7 Å². The molecule has 2 unspecified atom stereocenters. The van der Waals surface area contributed by atoms with E-state index in [-0.39, 0.29) is 18.7 Å². The summed E-state index contributed by atoms with van der Waals surface area (Å²) >= 11 is 0. The molecule has 1 aliphatic rings. The van der Waals surface area contributed by atoms with Gasteiger partial charge in [0.05, 0.1) is 43.4 Å². The van der Waals surface area contributed by atoms with Crippen molar-refractivity contribution in [3.8, 4) is 17.2 Å². The number of anilines is 2. The summed E-state index contributed by atoms with van der Waals surface area (Å²) in [5.41, 5.74) is 4.10. The molecule has 1 fully saturated rings. The number of pyridine rings is 1. The van der Waals surface area contributed by atoms with E-state index in [2.05, 4.69) is 44.0 Å². The fraction of sp³-hybridized carbons (Fsp3) is 0.382. The predicted molar refractivity (Wildman–Crippen MR) is 178 cm³/mol. The number of ether oxygens (including phenoxy) is 1. The highest BCUT2D eigenvalue weighted by molar-refractivity contribution is 5.86. The maximum absolute atomic E-state index is 13.8. The molecule has 0 radical (unpaired) electrons. The SMILES string of the molecule is CCC/C(CCCNc1ncc(C#N)c(NC2CCOCC2O)n1)=[N+](\C(=O)NCc1ccccc1)c1ccc(-c2cnn(C)c2)cn1. The van der Waals surface area contributed by atoms with Crippen molar-refractivity contribution >= 4 is 29.3 Å². The maximum atomic E-state index is 13.8.